The summed E-state index contributed by atoms with van der Waals surface area (Å²) in [5, 5.41) is 4.27. The van der Waals surface area contributed by atoms with E-state index < -0.39 is 0 Å². The maximum absolute atomic E-state index is 6.41. The van der Waals surface area contributed by atoms with Crippen LogP contribution in [0.25, 0.3) is 0 Å². The third-order valence-electron chi connectivity index (χ3n) is 3.75. The lowest BCUT2D eigenvalue weighted by atomic mass is 10.1. The van der Waals surface area contributed by atoms with Crippen molar-refractivity contribution in [2.24, 2.45) is 5.92 Å². The van der Waals surface area contributed by atoms with Crippen molar-refractivity contribution in [1.82, 2.24) is 5.32 Å². The molecule has 0 radical (unpaired) electrons. The summed E-state index contributed by atoms with van der Waals surface area (Å²) >= 11 is 6.41. The van der Waals surface area contributed by atoms with Gasteiger partial charge in [0.15, 0.2) is 0 Å². The summed E-state index contributed by atoms with van der Waals surface area (Å²) in [5.41, 5.74) is 2.42. The van der Waals surface area contributed by atoms with Crippen LogP contribution in [0.3, 0.4) is 0 Å². The Morgan fingerprint density at radius 3 is 2.55 bits per heavy atom. The average Bonchev–Trinajstić information content (AvgIpc) is 2.46. The molecule has 0 bridgehead atoms. The molecule has 1 aromatic carbocycles. The lowest BCUT2D eigenvalue weighted by molar-refractivity contribution is 0.548. The molecule has 1 rings (SSSR count). The zero-order valence-corrected chi connectivity index (χ0v) is 14.1. The molecule has 0 spiro atoms. The first-order valence-electron chi connectivity index (χ1n) is 7.86. The van der Waals surface area contributed by atoms with Gasteiger partial charge in [-0.1, -0.05) is 44.9 Å². The minimum atomic E-state index is 0.708. The van der Waals surface area contributed by atoms with Crippen LogP contribution < -0.4 is 10.2 Å². The van der Waals surface area contributed by atoms with E-state index >= 15 is 0 Å². The fraction of sp³-hybridized carbons (Fsp3) is 0.647. The number of halogens is 1. The molecule has 0 aliphatic carbocycles. The van der Waals surface area contributed by atoms with E-state index in [2.05, 4.69) is 56.1 Å². The van der Waals surface area contributed by atoms with E-state index in [9.17, 15) is 0 Å². The molecule has 0 fully saturated rings. The van der Waals surface area contributed by atoms with Gasteiger partial charge in [0, 0.05) is 30.3 Å². The third kappa shape index (κ3) is 5.34. The SMILES string of the molecule is CCCNCc1ccc(N(CC)CC(C)CC)cc1Cl. The molecule has 1 N–H and O–H groups in total. The first-order chi connectivity index (χ1) is 9.62. The molecule has 1 aromatic rings. The highest BCUT2D eigenvalue weighted by atomic mass is 35.5. The predicted octanol–water partition coefficient (Wildman–Crippen LogP) is 4.71. The minimum absolute atomic E-state index is 0.708. The smallest absolute Gasteiger partial charge is 0.0471 e. The molecule has 1 atom stereocenters. The lowest BCUT2D eigenvalue weighted by Crippen LogP contribution is -2.28. The van der Waals surface area contributed by atoms with E-state index in [0.717, 1.165) is 37.6 Å². The molecule has 3 heteroatoms. The summed E-state index contributed by atoms with van der Waals surface area (Å²) in [6.45, 7) is 12.9. The van der Waals surface area contributed by atoms with Crippen molar-refractivity contribution >= 4 is 17.3 Å². The predicted molar refractivity (Wildman–Crippen MR) is 90.8 cm³/mol. The Kier molecular flexibility index (Phi) is 8.01. The Morgan fingerprint density at radius 1 is 1.25 bits per heavy atom. The van der Waals surface area contributed by atoms with Crippen LogP contribution in [0.4, 0.5) is 5.69 Å². The van der Waals surface area contributed by atoms with Gasteiger partial charge in [-0.15, -0.1) is 0 Å². The summed E-state index contributed by atoms with van der Waals surface area (Å²) in [7, 11) is 0. The first kappa shape index (κ1) is 17.3. The molecule has 2 nitrogen and oxygen atoms in total. The van der Waals surface area contributed by atoms with Gasteiger partial charge < -0.3 is 10.2 Å². The maximum atomic E-state index is 6.41. The molecule has 0 heterocycles. The summed E-state index contributed by atoms with van der Waals surface area (Å²) in [6, 6.07) is 6.46. The number of hydrogen-bond donors (Lipinski definition) is 1. The largest absolute Gasteiger partial charge is 0.372 e. The molecule has 114 valence electrons. The van der Waals surface area contributed by atoms with Crippen molar-refractivity contribution in [1.29, 1.82) is 0 Å². The van der Waals surface area contributed by atoms with Crippen molar-refractivity contribution in [3.8, 4) is 0 Å². The van der Waals surface area contributed by atoms with Crippen LogP contribution in [0.1, 0.15) is 46.1 Å². The van der Waals surface area contributed by atoms with Crippen molar-refractivity contribution in [3.05, 3.63) is 28.8 Å². The Labute approximate surface area is 129 Å². The second-order valence-corrected chi connectivity index (χ2v) is 5.91. The number of rotatable bonds is 9. The molecule has 1 unspecified atom stereocenters. The van der Waals surface area contributed by atoms with Gasteiger partial charge in [0.2, 0.25) is 0 Å². The normalized spacial score (nSPS) is 12.4. The fourth-order valence-electron chi connectivity index (χ4n) is 2.20. The quantitative estimate of drug-likeness (QED) is 0.664. The van der Waals surface area contributed by atoms with E-state index in [1.165, 1.54) is 17.7 Å². The second kappa shape index (κ2) is 9.25. The van der Waals surface area contributed by atoms with Crippen LogP contribution in [-0.2, 0) is 6.54 Å². The summed E-state index contributed by atoms with van der Waals surface area (Å²) in [4.78, 5) is 2.41. The average molecular weight is 297 g/mol. The summed E-state index contributed by atoms with van der Waals surface area (Å²) < 4.78 is 0. The van der Waals surface area contributed by atoms with Gasteiger partial charge >= 0.3 is 0 Å². The van der Waals surface area contributed by atoms with Crippen LogP contribution in [0, 0.1) is 5.92 Å². The highest BCUT2D eigenvalue weighted by Gasteiger charge is 2.10. The minimum Gasteiger partial charge on any atom is -0.372 e. The van der Waals surface area contributed by atoms with Crippen LogP contribution >= 0.6 is 11.6 Å². The monoisotopic (exact) mass is 296 g/mol. The van der Waals surface area contributed by atoms with Crippen LogP contribution in [0.15, 0.2) is 18.2 Å². The van der Waals surface area contributed by atoms with Crippen LogP contribution in [0.5, 0.6) is 0 Å². The standard InChI is InChI=1S/C17H29ClN2/c1-5-10-19-12-15-8-9-16(11-17(15)18)20(7-3)13-14(4)6-2/h8-9,11,14,19H,5-7,10,12-13H2,1-4H3. The highest BCUT2D eigenvalue weighted by molar-refractivity contribution is 6.31. The van der Waals surface area contributed by atoms with Gasteiger partial charge in [-0.3, -0.25) is 0 Å². The topological polar surface area (TPSA) is 15.3 Å². The number of nitrogens with one attached hydrogen (secondary N) is 1. The van der Waals surface area contributed by atoms with Gasteiger partial charge in [0.05, 0.1) is 0 Å². The molecule has 20 heavy (non-hydrogen) atoms. The third-order valence-corrected chi connectivity index (χ3v) is 4.11. The van der Waals surface area contributed by atoms with E-state index in [-0.39, 0.29) is 0 Å². The van der Waals surface area contributed by atoms with E-state index in [4.69, 9.17) is 11.6 Å². The molecular weight excluding hydrogens is 268 g/mol. The second-order valence-electron chi connectivity index (χ2n) is 5.50. The van der Waals surface area contributed by atoms with E-state index in [0.29, 0.717) is 5.92 Å². The summed E-state index contributed by atoms with van der Waals surface area (Å²) in [5.74, 6) is 0.708. The van der Waals surface area contributed by atoms with Crippen LogP contribution in [-0.4, -0.2) is 19.6 Å². The zero-order valence-electron chi connectivity index (χ0n) is 13.4. The van der Waals surface area contributed by atoms with Crippen molar-refractivity contribution in [2.45, 2.75) is 47.1 Å². The fourth-order valence-corrected chi connectivity index (χ4v) is 2.44. The first-order valence-corrected chi connectivity index (χ1v) is 8.24. The Balaban J connectivity index is 2.73. The molecule has 0 saturated carbocycles. The van der Waals surface area contributed by atoms with Crippen molar-refractivity contribution in [3.63, 3.8) is 0 Å². The van der Waals surface area contributed by atoms with Gasteiger partial charge in [-0.05, 0) is 43.5 Å². The molecule has 0 amide bonds. The molecule has 0 aromatic heterocycles. The number of hydrogen-bond acceptors (Lipinski definition) is 2. The molecule has 0 aliphatic heterocycles. The molecular formula is C17H29ClN2. The number of benzene rings is 1. The van der Waals surface area contributed by atoms with Gasteiger partial charge in [-0.2, -0.15) is 0 Å². The van der Waals surface area contributed by atoms with Gasteiger partial charge in [-0.25, -0.2) is 0 Å². The van der Waals surface area contributed by atoms with Crippen molar-refractivity contribution < 1.29 is 0 Å². The van der Waals surface area contributed by atoms with Crippen LogP contribution in [0.2, 0.25) is 5.02 Å². The molecule has 0 saturated heterocycles. The summed E-state index contributed by atoms with van der Waals surface area (Å²) in [6.07, 6.45) is 2.36. The molecule has 0 aliphatic rings. The Bertz CT molecular complexity index is 393. The van der Waals surface area contributed by atoms with E-state index in [1.54, 1.807) is 0 Å². The lowest BCUT2D eigenvalue weighted by Gasteiger charge is -2.26. The Morgan fingerprint density at radius 2 is 2.00 bits per heavy atom. The highest BCUT2D eigenvalue weighted by Crippen LogP contribution is 2.24. The number of nitrogens with zero attached hydrogens (tertiary/aromatic N) is 1. The number of anilines is 1. The van der Waals surface area contributed by atoms with E-state index in [1.807, 2.05) is 0 Å². The van der Waals surface area contributed by atoms with Crippen molar-refractivity contribution in [2.75, 3.05) is 24.5 Å². The maximum Gasteiger partial charge on any atom is 0.0471 e. The van der Waals surface area contributed by atoms with Gasteiger partial charge in [0.1, 0.15) is 0 Å². The zero-order chi connectivity index (χ0) is 15.0. The van der Waals surface area contributed by atoms with Gasteiger partial charge in [0.25, 0.3) is 0 Å². The Hall–Kier alpha value is -0.730.